The maximum atomic E-state index is 12.1. The maximum Gasteiger partial charge on any atom is 0.158 e. The quantitative estimate of drug-likeness (QED) is 0.845. The Bertz CT molecular complexity index is 735. The zero-order valence-electron chi connectivity index (χ0n) is 13.1. The molecule has 3 rings (SSSR count). The molecule has 2 aromatic rings. The summed E-state index contributed by atoms with van der Waals surface area (Å²) < 4.78 is 5.19. The highest BCUT2D eigenvalue weighted by atomic mass is 16.5. The highest BCUT2D eigenvalue weighted by Gasteiger charge is 2.22. The van der Waals surface area contributed by atoms with E-state index in [9.17, 15) is 4.79 Å². The number of allylic oxidation sites excluding steroid dienone is 2. The van der Waals surface area contributed by atoms with E-state index in [1.807, 2.05) is 48.5 Å². The van der Waals surface area contributed by atoms with Crippen molar-refractivity contribution in [3.63, 3.8) is 0 Å². The second-order valence-corrected chi connectivity index (χ2v) is 5.73. The van der Waals surface area contributed by atoms with Crippen LogP contribution in [0.4, 0.5) is 11.4 Å². The number of nitrogens with two attached hydrogens (primary N) is 1. The van der Waals surface area contributed by atoms with Crippen molar-refractivity contribution in [3.05, 3.63) is 65.9 Å². The van der Waals surface area contributed by atoms with Crippen molar-refractivity contribution >= 4 is 17.2 Å². The fourth-order valence-electron chi connectivity index (χ4n) is 2.88. The molecule has 0 spiro atoms. The SMILES string of the molecule is COc1ccc(C2CC(=O)C=C(Nc3ccccc3N)C2)cc1. The van der Waals surface area contributed by atoms with E-state index in [4.69, 9.17) is 10.5 Å². The molecule has 4 nitrogen and oxygen atoms in total. The van der Waals surface area contributed by atoms with Crippen LogP contribution in [0, 0.1) is 0 Å². The summed E-state index contributed by atoms with van der Waals surface area (Å²) in [5.74, 6) is 1.13. The molecule has 23 heavy (non-hydrogen) atoms. The zero-order chi connectivity index (χ0) is 16.2. The van der Waals surface area contributed by atoms with Gasteiger partial charge >= 0.3 is 0 Å². The molecule has 1 aliphatic carbocycles. The van der Waals surface area contributed by atoms with Gasteiger partial charge in [-0.2, -0.15) is 0 Å². The van der Waals surface area contributed by atoms with Gasteiger partial charge in [0.1, 0.15) is 5.75 Å². The standard InChI is InChI=1S/C19H20N2O2/c1-23-17-8-6-13(7-9-17)14-10-15(12-16(22)11-14)21-19-5-3-2-4-18(19)20/h2-9,12,14,21H,10-11,20H2,1H3. The molecule has 1 aliphatic rings. The summed E-state index contributed by atoms with van der Waals surface area (Å²) in [5, 5.41) is 3.29. The van der Waals surface area contributed by atoms with Crippen molar-refractivity contribution in [2.45, 2.75) is 18.8 Å². The number of hydrogen-bond acceptors (Lipinski definition) is 4. The van der Waals surface area contributed by atoms with Crippen LogP contribution in [0.25, 0.3) is 0 Å². The van der Waals surface area contributed by atoms with Crippen LogP contribution in [-0.4, -0.2) is 12.9 Å². The van der Waals surface area contributed by atoms with E-state index >= 15 is 0 Å². The zero-order valence-corrected chi connectivity index (χ0v) is 13.1. The highest BCUT2D eigenvalue weighted by Crippen LogP contribution is 2.33. The molecule has 0 saturated heterocycles. The molecule has 4 heteroatoms. The molecule has 118 valence electrons. The first-order valence-corrected chi connectivity index (χ1v) is 7.64. The molecule has 0 heterocycles. The van der Waals surface area contributed by atoms with E-state index in [1.165, 1.54) is 0 Å². The van der Waals surface area contributed by atoms with Gasteiger partial charge in [-0.3, -0.25) is 4.79 Å². The Morgan fingerprint density at radius 1 is 1.09 bits per heavy atom. The smallest absolute Gasteiger partial charge is 0.158 e. The number of rotatable bonds is 4. The molecule has 1 unspecified atom stereocenters. The van der Waals surface area contributed by atoms with Crippen molar-refractivity contribution in [2.24, 2.45) is 0 Å². The normalized spacial score (nSPS) is 17.5. The second-order valence-electron chi connectivity index (χ2n) is 5.73. The lowest BCUT2D eigenvalue weighted by Gasteiger charge is -2.24. The topological polar surface area (TPSA) is 64.3 Å². The summed E-state index contributed by atoms with van der Waals surface area (Å²) in [4.78, 5) is 12.1. The molecule has 0 bridgehead atoms. The van der Waals surface area contributed by atoms with Crippen LogP contribution < -0.4 is 15.8 Å². The summed E-state index contributed by atoms with van der Waals surface area (Å²) in [6.45, 7) is 0. The summed E-state index contributed by atoms with van der Waals surface area (Å²) in [6, 6.07) is 15.5. The Labute approximate surface area is 136 Å². The lowest BCUT2D eigenvalue weighted by Crippen LogP contribution is -2.17. The Morgan fingerprint density at radius 2 is 1.83 bits per heavy atom. The molecule has 0 fully saturated rings. The molecule has 0 aliphatic heterocycles. The van der Waals surface area contributed by atoms with Gasteiger partial charge in [0.05, 0.1) is 18.5 Å². The first kappa shape index (κ1) is 15.2. The van der Waals surface area contributed by atoms with Crippen LogP contribution in [0.1, 0.15) is 24.3 Å². The van der Waals surface area contributed by atoms with Crippen molar-refractivity contribution in [3.8, 4) is 5.75 Å². The minimum atomic E-state index is 0.133. The van der Waals surface area contributed by atoms with Gasteiger partial charge < -0.3 is 15.8 Å². The number of hydrogen-bond donors (Lipinski definition) is 2. The van der Waals surface area contributed by atoms with Gasteiger partial charge in [0.25, 0.3) is 0 Å². The number of anilines is 2. The molecule has 0 aromatic heterocycles. The van der Waals surface area contributed by atoms with E-state index < -0.39 is 0 Å². The van der Waals surface area contributed by atoms with E-state index in [2.05, 4.69) is 5.32 Å². The highest BCUT2D eigenvalue weighted by molar-refractivity contribution is 5.92. The Kier molecular flexibility index (Phi) is 4.33. The summed E-state index contributed by atoms with van der Waals surface area (Å²) in [5.41, 5.74) is 9.52. The summed E-state index contributed by atoms with van der Waals surface area (Å²) in [7, 11) is 1.65. The third-order valence-corrected chi connectivity index (χ3v) is 4.09. The minimum absolute atomic E-state index is 0.133. The number of ketones is 1. The average Bonchev–Trinajstić information content (AvgIpc) is 2.56. The molecular weight excluding hydrogens is 288 g/mol. The van der Waals surface area contributed by atoms with Gasteiger partial charge in [-0.15, -0.1) is 0 Å². The van der Waals surface area contributed by atoms with E-state index in [0.29, 0.717) is 12.1 Å². The third kappa shape index (κ3) is 3.54. The largest absolute Gasteiger partial charge is 0.497 e. The molecule has 3 N–H and O–H groups in total. The molecular formula is C19H20N2O2. The van der Waals surface area contributed by atoms with Crippen LogP contribution >= 0.6 is 0 Å². The lowest BCUT2D eigenvalue weighted by atomic mass is 9.85. The van der Waals surface area contributed by atoms with Crippen LogP contribution in [0.3, 0.4) is 0 Å². The molecule has 1 atom stereocenters. The van der Waals surface area contributed by atoms with Gasteiger partial charge in [-0.05, 0) is 42.2 Å². The van der Waals surface area contributed by atoms with Gasteiger partial charge in [0.2, 0.25) is 0 Å². The number of carbonyl (C=O) groups excluding carboxylic acids is 1. The first-order valence-electron chi connectivity index (χ1n) is 7.64. The molecule has 2 aromatic carbocycles. The second kappa shape index (κ2) is 6.57. The van der Waals surface area contributed by atoms with Crippen LogP contribution in [-0.2, 0) is 4.79 Å². The van der Waals surface area contributed by atoms with E-state index in [1.54, 1.807) is 13.2 Å². The van der Waals surface area contributed by atoms with Gasteiger partial charge in [0.15, 0.2) is 5.78 Å². The first-order chi connectivity index (χ1) is 11.2. The van der Waals surface area contributed by atoms with Crippen molar-refractivity contribution in [1.29, 1.82) is 0 Å². The predicted octanol–water partition coefficient (Wildman–Crippen LogP) is 3.72. The van der Waals surface area contributed by atoms with Crippen LogP contribution in [0.5, 0.6) is 5.75 Å². The monoisotopic (exact) mass is 308 g/mol. The van der Waals surface area contributed by atoms with Crippen LogP contribution in [0.2, 0.25) is 0 Å². The van der Waals surface area contributed by atoms with Gasteiger partial charge in [-0.25, -0.2) is 0 Å². The fraction of sp³-hybridized carbons (Fsp3) is 0.211. The number of ether oxygens (including phenoxy) is 1. The Balaban J connectivity index is 1.78. The van der Waals surface area contributed by atoms with Crippen LogP contribution in [0.15, 0.2) is 60.3 Å². The van der Waals surface area contributed by atoms with Crippen molar-refractivity contribution in [2.75, 3.05) is 18.2 Å². The predicted molar refractivity (Wildman–Crippen MR) is 92.5 cm³/mol. The number of carbonyl (C=O) groups is 1. The number of nitrogen functional groups attached to an aromatic ring is 1. The fourth-order valence-corrected chi connectivity index (χ4v) is 2.88. The van der Waals surface area contributed by atoms with Gasteiger partial charge in [0, 0.05) is 18.2 Å². The number of methoxy groups -OCH3 is 1. The van der Waals surface area contributed by atoms with Crippen molar-refractivity contribution in [1.82, 2.24) is 0 Å². The minimum Gasteiger partial charge on any atom is -0.497 e. The number of para-hydroxylation sites is 2. The molecule has 0 radical (unpaired) electrons. The molecule has 0 saturated carbocycles. The Morgan fingerprint density at radius 3 is 2.52 bits per heavy atom. The maximum absolute atomic E-state index is 12.1. The summed E-state index contributed by atoms with van der Waals surface area (Å²) in [6.07, 6.45) is 3.00. The molecule has 0 amide bonds. The average molecular weight is 308 g/mol. The van der Waals surface area contributed by atoms with E-state index in [-0.39, 0.29) is 11.7 Å². The lowest BCUT2D eigenvalue weighted by molar-refractivity contribution is -0.115. The number of benzene rings is 2. The third-order valence-electron chi connectivity index (χ3n) is 4.09. The Hall–Kier alpha value is -2.75. The number of nitrogens with one attached hydrogen (secondary N) is 1. The van der Waals surface area contributed by atoms with Crippen molar-refractivity contribution < 1.29 is 9.53 Å². The summed E-state index contributed by atoms with van der Waals surface area (Å²) >= 11 is 0. The van der Waals surface area contributed by atoms with E-state index in [0.717, 1.165) is 29.1 Å². The van der Waals surface area contributed by atoms with Gasteiger partial charge in [-0.1, -0.05) is 24.3 Å².